The molecule has 1 saturated heterocycles. The summed E-state index contributed by atoms with van der Waals surface area (Å²) in [6, 6.07) is 19.2. The number of methoxy groups -OCH3 is 1. The topological polar surface area (TPSA) is 84.8 Å². The maximum atomic E-state index is 12.7. The number of carbonyl (C=O) groups excluding carboxylic acids is 1. The van der Waals surface area contributed by atoms with Crippen LogP contribution in [-0.4, -0.2) is 55.3 Å². The lowest BCUT2D eigenvalue weighted by atomic mass is 9.93. The van der Waals surface area contributed by atoms with E-state index in [4.69, 9.17) is 14.9 Å². The van der Waals surface area contributed by atoms with E-state index in [0.29, 0.717) is 30.6 Å². The predicted octanol–water partition coefficient (Wildman–Crippen LogP) is 3.65. The van der Waals surface area contributed by atoms with Crippen molar-refractivity contribution in [3.63, 3.8) is 0 Å². The number of amides is 2. The van der Waals surface area contributed by atoms with Gasteiger partial charge in [-0.05, 0) is 24.6 Å². The van der Waals surface area contributed by atoms with Crippen molar-refractivity contribution in [2.75, 3.05) is 38.3 Å². The van der Waals surface area contributed by atoms with Crippen molar-refractivity contribution in [2.45, 2.75) is 18.9 Å². The summed E-state index contributed by atoms with van der Waals surface area (Å²) < 4.78 is 11.4. The van der Waals surface area contributed by atoms with E-state index in [0.717, 1.165) is 18.7 Å². The molecule has 0 aliphatic carbocycles. The van der Waals surface area contributed by atoms with Crippen molar-refractivity contribution in [1.82, 2.24) is 9.88 Å². The fourth-order valence-corrected chi connectivity index (χ4v) is 4.29. The molecule has 0 bridgehead atoms. The first kappa shape index (κ1) is 21.1. The van der Waals surface area contributed by atoms with E-state index in [9.17, 15) is 4.79 Å². The highest BCUT2D eigenvalue weighted by Gasteiger charge is 2.41. The van der Waals surface area contributed by atoms with E-state index in [-0.39, 0.29) is 12.0 Å². The maximum Gasteiger partial charge on any atom is 0.321 e. The van der Waals surface area contributed by atoms with Crippen LogP contribution in [0.15, 0.2) is 65.1 Å². The number of rotatable bonds is 7. The van der Waals surface area contributed by atoms with Gasteiger partial charge in [-0.1, -0.05) is 48.5 Å². The molecule has 0 spiro atoms. The molecule has 2 atom stereocenters. The highest BCUT2D eigenvalue weighted by atomic mass is 16.5. The number of anilines is 1. The number of primary amides is 1. The van der Waals surface area contributed by atoms with Crippen LogP contribution in [0.1, 0.15) is 17.2 Å². The van der Waals surface area contributed by atoms with Crippen LogP contribution in [0.2, 0.25) is 0 Å². The van der Waals surface area contributed by atoms with E-state index < -0.39 is 6.03 Å². The van der Waals surface area contributed by atoms with Gasteiger partial charge < -0.3 is 14.9 Å². The SMILES string of the molecule is COCCN1CC(c2ccccc2)C(N(C(N)=O)c2oc(-c3ccccc3)nc2C)C1. The molecule has 7 nitrogen and oxygen atoms in total. The number of hydrogen-bond acceptors (Lipinski definition) is 5. The van der Waals surface area contributed by atoms with Crippen molar-refractivity contribution >= 4 is 11.9 Å². The van der Waals surface area contributed by atoms with Crippen LogP contribution in [0.5, 0.6) is 0 Å². The molecule has 2 N–H and O–H groups in total. The van der Waals surface area contributed by atoms with Gasteiger partial charge in [0, 0.05) is 38.2 Å². The Labute approximate surface area is 182 Å². The predicted molar refractivity (Wildman–Crippen MR) is 120 cm³/mol. The van der Waals surface area contributed by atoms with Gasteiger partial charge in [-0.3, -0.25) is 9.80 Å². The van der Waals surface area contributed by atoms with Crippen LogP contribution in [0.3, 0.4) is 0 Å². The molecule has 162 valence electrons. The summed E-state index contributed by atoms with van der Waals surface area (Å²) in [5.74, 6) is 0.978. The molecular weight excluding hydrogens is 392 g/mol. The van der Waals surface area contributed by atoms with Crippen LogP contribution in [0.25, 0.3) is 11.5 Å². The standard InChI is InChI=1S/C24H28N4O3/c1-17-23(31-22(26-17)19-11-7-4-8-12-19)28(24(25)29)21-16-27(13-14-30-2)15-20(21)18-9-5-3-6-10-18/h3-12,20-21H,13-16H2,1-2H3,(H2,25,29). The molecule has 1 aliphatic heterocycles. The Bertz CT molecular complexity index is 1010. The lowest BCUT2D eigenvalue weighted by molar-refractivity contribution is 0.159. The Balaban J connectivity index is 1.70. The van der Waals surface area contributed by atoms with Gasteiger partial charge in [-0.25, -0.2) is 9.78 Å². The van der Waals surface area contributed by atoms with Gasteiger partial charge in [-0.2, -0.15) is 0 Å². The number of likely N-dealkylation sites (tertiary alicyclic amines) is 1. The zero-order valence-corrected chi connectivity index (χ0v) is 17.9. The first-order chi connectivity index (χ1) is 15.1. The Morgan fingerprint density at radius 3 is 2.48 bits per heavy atom. The lowest BCUT2D eigenvalue weighted by Gasteiger charge is -2.29. The molecule has 0 radical (unpaired) electrons. The van der Waals surface area contributed by atoms with Crippen molar-refractivity contribution in [3.8, 4) is 11.5 Å². The van der Waals surface area contributed by atoms with Crippen LogP contribution in [0, 0.1) is 6.92 Å². The Morgan fingerprint density at radius 1 is 1.16 bits per heavy atom. The van der Waals surface area contributed by atoms with E-state index in [1.54, 1.807) is 12.0 Å². The number of nitrogens with zero attached hydrogens (tertiary/aromatic N) is 3. The van der Waals surface area contributed by atoms with E-state index in [1.165, 1.54) is 5.56 Å². The largest absolute Gasteiger partial charge is 0.420 e. The molecule has 7 heteroatoms. The molecule has 1 fully saturated rings. The fraction of sp³-hybridized carbons (Fsp3) is 0.333. The molecule has 1 aliphatic rings. The smallest absolute Gasteiger partial charge is 0.321 e. The monoisotopic (exact) mass is 420 g/mol. The molecule has 2 aromatic carbocycles. The van der Waals surface area contributed by atoms with Gasteiger partial charge in [0.25, 0.3) is 0 Å². The number of benzene rings is 2. The van der Waals surface area contributed by atoms with E-state index >= 15 is 0 Å². The number of aromatic nitrogens is 1. The minimum atomic E-state index is -0.543. The molecule has 2 amide bonds. The third-order valence-electron chi connectivity index (χ3n) is 5.78. The average molecular weight is 421 g/mol. The van der Waals surface area contributed by atoms with Gasteiger partial charge in [0.15, 0.2) is 0 Å². The molecular formula is C24H28N4O3. The van der Waals surface area contributed by atoms with Crippen LogP contribution >= 0.6 is 0 Å². The number of urea groups is 1. The first-order valence-electron chi connectivity index (χ1n) is 10.5. The van der Waals surface area contributed by atoms with Crippen molar-refractivity contribution in [3.05, 3.63) is 71.9 Å². The quantitative estimate of drug-likeness (QED) is 0.631. The highest BCUT2D eigenvalue weighted by molar-refractivity contribution is 5.91. The van der Waals surface area contributed by atoms with Gasteiger partial charge in [0.05, 0.1) is 12.6 Å². The molecule has 4 rings (SSSR count). The first-order valence-corrected chi connectivity index (χ1v) is 10.5. The molecule has 2 unspecified atom stereocenters. The summed E-state index contributed by atoms with van der Waals surface area (Å²) in [6.07, 6.45) is 0. The van der Waals surface area contributed by atoms with Crippen molar-refractivity contribution in [2.24, 2.45) is 5.73 Å². The molecule has 0 saturated carbocycles. The zero-order valence-electron chi connectivity index (χ0n) is 17.9. The zero-order chi connectivity index (χ0) is 21.8. The molecule has 31 heavy (non-hydrogen) atoms. The van der Waals surface area contributed by atoms with E-state index in [2.05, 4.69) is 22.0 Å². The number of oxazole rings is 1. The van der Waals surface area contributed by atoms with Gasteiger partial charge in [-0.15, -0.1) is 0 Å². The van der Waals surface area contributed by atoms with Gasteiger partial charge >= 0.3 is 6.03 Å². The van der Waals surface area contributed by atoms with Gasteiger partial charge in [0.1, 0.15) is 5.69 Å². The Hall–Kier alpha value is -3.16. The highest BCUT2D eigenvalue weighted by Crippen LogP contribution is 2.36. The normalized spacial score (nSPS) is 18.9. The molecule has 3 aromatic rings. The third kappa shape index (κ3) is 4.47. The van der Waals surface area contributed by atoms with E-state index in [1.807, 2.05) is 55.5 Å². The summed E-state index contributed by atoms with van der Waals surface area (Å²) in [7, 11) is 1.70. The van der Waals surface area contributed by atoms with Crippen LogP contribution in [-0.2, 0) is 4.74 Å². The summed E-state index contributed by atoms with van der Waals surface area (Å²) in [4.78, 5) is 21.2. The summed E-state index contributed by atoms with van der Waals surface area (Å²) in [5, 5.41) is 0. The van der Waals surface area contributed by atoms with Crippen LogP contribution < -0.4 is 10.6 Å². The Kier molecular flexibility index (Phi) is 6.34. The maximum absolute atomic E-state index is 12.7. The number of hydrogen-bond donors (Lipinski definition) is 1. The molecule has 1 aromatic heterocycles. The number of ether oxygens (including phenoxy) is 1. The minimum absolute atomic E-state index is 0.0928. The molecule has 2 heterocycles. The second kappa shape index (κ2) is 9.32. The fourth-order valence-electron chi connectivity index (χ4n) is 4.29. The van der Waals surface area contributed by atoms with Crippen LogP contribution in [0.4, 0.5) is 10.7 Å². The second-order valence-corrected chi connectivity index (χ2v) is 7.82. The third-order valence-corrected chi connectivity index (χ3v) is 5.78. The lowest BCUT2D eigenvalue weighted by Crippen LogP contribution is -2.47. The minimum Gasteiger partial charge on any atom is -0.420 e. The van der Waals surface area contributed by atoms with Crippen molar-refractivity contribution < 1.29 is 13.9 Å². The summed E-state index contributed by atoms with van der Waals surface area (Å²) in [6.45, 7) is 4.74. The summed E-state index contributed by atoms with van der Waals surface area (Å²) >= 11 is 0. The number of nitrogens with two attached hydrogens (primary N) is 1. The van der Waals surface area contributed by atoms with Gasteiger partial charge in [0.2, 0.25) is 11.8 Å². The average Bonchev–Trinajstić information content (AvgIpc) is 3.38. The van der Waals surface area contributed by atoms with Crippen molar-refractivity contribution in [1.29, 1.82) is 0 Å². The second-order valence-electron chi connectivity index (χ2n) is 7.82. The Morgan fingerprint density at radius 2 is 1.84 bits per heavy atom. The number of aryl methyl sites for hydroxylation is 1. The summed E-state index contributed by atoms with van der Waals surface area (Å²) in [5.41, 5.74) is 8.57. The number of carbonyl (C=O) groups is 1.